The minimum Gasteiger partial charge on any atom is -0.398 e. The Morgan fingerprint density at radius 2 is 1.89 bits per heavy atom. The number of amides is 1. The molecule has 2 rings (SSSR count). The number of carbonyl (C=O) groups excluding carboxylic acids is 1. The number of halogens is 1. The first-order chi connectivity index (χ1) is 8.68. The summed E-state index contributed by atoms with van der Waals surface area (Å²) in [6.45, 7) is 9.61. The van der Waals surface area contributed by atoms with E-state index in [2.05, 4.69) is 33.0 Å². The topological polar surface area (TPSA) is 55.1 Å². The van der Waals surface area contributed by atoms with Gasteiger partial charge in [-0.1, -0.05) is 39.3 Å². The molecule has 1 amide bonds. The van der Waals surface area contributed by atoms with Crippen molar-refractivity contribution in [2.75, 3.05) is 12.3 Å². The van der Waals surface area contributed by atoms with E-state index in [1.54, 1.807) is 18.2 Å². The van der Waals surface area contributed by atoms with Crippen LogP contribution in [-0.2, 0) is 0 Å². The maximum atomic E-state index is 12.1. The van der Waals surface area contributed by atoms with Crippen molar-refractivity contribution in [1.29, 1.82) is 0 Å². The molecule has 0 spiro atoms. The lowest BCUT2D eigenvalue weighted by molar-refractivity contribution is 0.0951. The van der Waals surface area contributed by atoms with Gasteiger partial charge in [-0.15, -0.1) is 0 Å². The van der Waals surface area contributed by atoms with Gasteiger partial charge in [0.2, 0.25) is 0 Å². The van der Waals surface area contributed by atoms with Gasteiger partial charge < -0.3 is 11.1 Å². The second kappa shape index (κ2) is 4.41. The zero-order valence-corrected chi connectivity index (χ0v) is 12.6. The minimum atomic E-state index is -0.154. The van der Waals surface area contributed by atoms with Crippen molar-refractivity contribution in [3.63, 3.8) is 0 Å². The molecule has 0 aliphatic heterocycles. The molecular formula is C15H21ClN2O. The van der Waals surface area contributed by atoms with E-state index in [1.807, 2.05) is 0 Å². The summed E-state index contributed by atoms with van der Waals surface area (Å²) in [5.41, 5.74) is 7.23. The van der Waals surface area contributed by atoms with Crippen molar-refractivity contribution in [2.24, 2.45) is 16.7 Å². The molecule has 1 fully saturated rings. The fourth-order valence-electron chi connectivity index (χ4n) is 2.86. The molecule has 1 aliphatic carbocycles. The van der Waals surface area contributed by atoms with Gasteiger partial charge in [0.05, 0.1) is 5.56 Å². The molecular weight excluding hydrogens is 260 g/mol. The molecule has 1 aromatic rings. The van der Waals surface area contributed by atoms with Gasteiger partial charge in [0, 0.05) is 17.3 Å². The number of nitrogen functional groups attached to an aromatic ring is 1. The highest BCUT2D eigenvalue weighted by molar-refractivity contribution is 6.31. The third kappa shape index (κ3) is 2.32. The molecule has 0 radical (unpaired) electrons. The van der Waals surface area contributed by atoms with E-state index in [4.69, 9.17) is 17.3 Å². The Morgan fingerprint density at radius 1 is 1.32 bits per heavy atom. The van der Waals surface area contributed by atoms with Gasteiger partial charge in [-0.25, -0.2) is 0 Å². The van der Waals surface area contributed by atoms with Crippen LogP contribution in [0, 0.1) is 16.7 Å². The van der Waals surface area contributed by atoms with Crippen LogP contribution < -0.4 is 11.1 Å². The highest BCUT2D eigenvalue weighted by Crippen LogP contribution is 2.67. The van der Waals surface area contributed by atoms with Crippen LogP contribution >= 0.6 is 11.6 Å². The number of anilines is 1. The average molecular weight is 281 g/mol. The molecule has 1 aromatic carbocycles. The van der Waals surface area contributed by atoms with Crippen LogP contribution in [0.5, 0.6) is 0 Å². The molecule has 3 nitrogen and oxygen atoms in total. The van der Waals surface area contributed by atoms with Crippen LogP contribution in [0.4, 0.5) is 5.69 Å². The van der Waals surface area contributed by atoms with E-state index in [0.29, 0.717) is 28.7 Å². The monoisotopic (exact) mass is 280 g/mol. The molecule has 3 N–H and O–H groups in total. The highest BCUT2D eigenvalue weighted by Gasteiger charge is 2.64. The summed E-state index contributed by atoms with van der Waals surface area (Å²) < 4.78 is 0. The van der Waals surface area contributed by atoms with Crippen LogP contribution in [0.3, 0.4) is 0 Å². The highest BCUT2D eigenvalue weighted by atomic mass is 35.5. The number of hydrogen-bond acceptors (Lipinski definition) is 2. The SMILES string of the molecule is CC1(C)C(CNC(=O)c2cc(Cl)ccc2N)C1(C)C. The molecule has 0 unspecified atom stereocenters. The number of nitrogens with one attached hydrogen (secondary N) is 1. The molecule has 0 bridgehead atoms. The predicted octanol–water partition coefficient (Wildman–Crippen LogP) is 3.33. The molecule has 1 saturated carbocycles. The third-order valence-corrected chi connectivity index (χ3v) is 5.28. The van der Waals surface area contributed by atoms with Gasteiger partial charge in [-0.3, -0.25) is 4.79 Å². The van der Waals surface area contributed by atoms with E-state index >= 15 is 0 Å². The molecule has 104 valence electrons. The van der Waals surface area contributed by atoms with Crippen LogP contribution in [0.1, 0.15) is 38.1 Å². The fourth-order valence-corrected chi connectivity index (χ4v) is 3.03. The number of carbonyl (C=O) groups is 1. The Kier molecular flexibility index (Phi) is 3.29. The zero-order chi connectivity index (χ0) is 14.4. The summed E-state index contributed by atoms with van der Waals surface area (Å²) in [6, 6.07) is 4.94. The van der Waals surface area contributed by atoms with Gasteiger partial charge in [-0.05, 0) is 34.9 Å². The molecule has 0 atom stereocenters. The van der Waals surface area contributed by atoms with E-state index in [0.717, 1.165) is 0 Å². The lowest BCUT2D eigenvalue weighted by Crippen LogP contribution is -2.27. The maximum Gasteiger partial charge on any atom is 0.253 e. The first-order valence-corrected chi connectivity index (χ1v) is 6.89. The van der Waals surface area contributed by atoms with Crippen LogP contribution in [-0.4, -0.2) is 12.5 Å². The largest absolute Gasteiger partial charge is 0.398 e. The van der Waals surface area contributed by atoms with E-state index in [1.165, 1.54) is 0 Å². The van der Waals surface area contributed by atoms with Crippen molar-refractivity contribution >= 4 is 23.2 Å². The summed E-state index contributed by atoms with van der Waals surface area (Å²) in [6.07, 6.45) is 0. The number of nitrogens with two attached hydrogens (primary N) is 1. The van der Waals surface area contributed by atoms with Crippen molar-refractivity contribution in [1.82, 2.24) is 5.32 Å². The third-order valence-electron chi connectivity index (χ3n) is 5.05. The second-order valence-electron chi connectivity index (χ2n) is 6.44. The Morgan fingerprint density at radius 3 is 2.42 bits per heavy atom. The Balaban J connectivity index is 2.02. The van der Waals surface area contributed by atoms with Crippen molar-refractivity contribution in [2.45, 2.75) is 27.7 Å². The lowest BCUT2D eigenvalue weighted by atomic mass is 10.0. The van der Waals surface area contributed by atoms with Crippen molar-refractivity contribution in [3.8, 4) is 0 Å². The Labute approximate surface area is 119 Å². The van der Waals surface area contributed by atoms with Gasteiger partial charge in [0.15, 0.2) is 0 Å². The van der Waals surface area contributed by atoms with Crippen LogP contribution in [0.25, 0.3) is 0 Å². The Hall–Kier alpha value is -1.22. The number of hydrogen-bond donors (Lipinski definition) is 2. The predicted molar refractivity (Wildman–Crippen MR) is 79.2 cm³/mol. The molecule has 4 heteroatoms. The van der Waals surface area contributed by atoms with E-state index in [-0.39, 0.29) is 16.7 Å². The molecule has 0 aromatic heterocycles. The lowest BCUT2D eigenvalue weighted by Gasteiger charge is -2.09. The first-order valence-electron chi connectivity index (χ1n) is 6.51. The normalized spacial score (nSPS) is 20.1. The van der Waals surface area contributed by atoms with Crippen LogP contribution in [0.15, 0.2) is 18.2 Å². The summed E-state index contributed by atoms with van der Waals surface area (Å²) >= 11 is 5.89. The first kappa shape index (κ1) is 14.2. The molecule has 1 aliphatic rings. The van der Waals surface area contributed by atoms with Gasteiger partial charge in [0.25, 0.3) is 5.91 Å². The summed E-state index contributed by atoms with van der Waals surface area (Å²) in [5.74, 6) is 0.336. The standard InChI is InChI=1S/C15H21ClN2O/c1-14(2)12(15(14,3)4)8-18-13(19)10-7-9(16)5-6-11(10)17/h5-7,12H,8,17H2,1-4H3,(H,18,19). The minimum absolute atomic E-state index is 0.154. The summed E-state index contributed by atoms with van der Waals surface area (Å²) in [4.78, 5) is 12.1. The summed E-state index contributed by atoms with van der Waals surface area (Å²) in [7, 11) is 0. The molecule has 0 heterocycles. The van der Waals surface area contributed by atoms with Gasteiger partial charge in [-0.2, -0.15) is 0 Å². The van der Waals surface area contributed by atoms with Gasteiger partial charge >= 0.3 is 0 Å². The summed E-state index contributed by atoms with van der Waals surface area (Å²) in [5, 5.41) is 3.48. The van der Waals surface area contributed by atoms with E-state index in [9.17, 15) is 4.79 Å². The zero-order valence-electron chi connectivity index (χ0n) is 11.9. The fraction of sp³-hybridized carbons (Fsp3) is 0.533. The maximum absolute atomic E-state index is 12.1. The molecule has 0 saturated heterocycles. The molecule has 19 heavy (non-hydrogen) atoms. The van der Waals surface area contributed by atoms with E-state index < -0.39 is 0 Å². The van der Waals surface area contributed by atoms with Gasteiger partial charge in [0.1, 0.15) is 0 Å². The van der Waals surface area contributed by atoms with Crippen molar-refractivity contribution in [3.05, 3.63) is 28.8 Å². The van der Waals surface area contributed by atoms with Crippen LogP contribution in [0.2, 0.25) is 5.02 Å². The quantitative estimate of drug-likeness (QED) is 0.835. The second-order valence-corrected chi connectivity index (χ2v) is 6.87. The smallest absolute Gasteiger partial charge is 0.253 e. The average Bonchev–Trinajstić information content (AvgIpc) is 2.70. The number of benzene rings is 1. The number of rotatable bonds is 3. The van der Waals surface area contributed by atoms with Crippen molar-refractivity contribution < 1.29 is 4.79 Å². The Bertz CT molecular complexity index is 509.